The zero-order chi connectivity index (χ0) is 10.3. The molecule has 1 aliphatic carbocycles. The molecule has 2 atom stereocenters. The fourth-order valence-corrected chi connectivity index (χ4v) is 1.54. The SMILES string of the molecule is Cl.NC1(C(F)(F)F)CCC(C(=O)O)C1. The highest BCUT2D eigenvalue weighted by Gasteiger charge is 2.56. The lowest BCUT2D eigenvalue weighted by Gasteiger charge is -2.26. The normalized spacial score (nSPS) is 32.4. The summed E-state index contributed by atoms with van der Waals surface area (Å²) in [5, 5.41) is 8.49. The Bertz CT molecular complexity index is 233. The molecule has 0 aliphatic heterocycles. The Morgan fingerprint density at radius 3 is 2.21 bits per heavy atom. The van der Waals surface area contributed by atoms with E-state index in [2.05, 4.69) is 0 Å². The maximum atomic E-state index is 12.3. The van der Waals surface area contributed by atoms with Crippen LogP contribution in [0.3, 0.4) is 0 Å². The number of hydrogen-bond acceptors (Lipinski definition) is 2. The minimum atomic E-state index is -4.50. The first kappa shape index (κ1) is 13.5. The highest BCUT2D eigenvalue weighted by Crippen LogP contribution is 2.43. The molecule has 7 heteroatoms. The van der Waals surface area contributed by atoms with Gasteiger partial charge in [-0.25, -0.2) is 0 Å². The van der Waals surface area contributed by atoms with Crippen molar-refractivity contribution in [3.8, 4) is 0 Å². The molecule has 0 aromatic heterocycles. The van der Waals surface area contributed by atoms with Crippen LogP contribution in [0.5, 0.6) is 0 Å². The summed E-state index contributed by atoms with van der Waals surface area (Å²) in [4.78, 5) is 10.4. The summed E-state index contributed by atoms with van der Waals surface area (Å²) in [6.45, 7) is 0. The molecule has 0 aromatic carbocycles. The Kier molecular flexibility index (Phi) is 3.80. The number of aliphatic carboxylic acids is 1. The van der Waals surface area contributed by atoms with Gasteiger partial charge in [-0.3, -0.25) is 4.79 Å². The number of rotatable bonds is 1. The van der Waals surface area contributed by atoms with Gasteiger partial charge < -0.3 is 10.8 Å². The number of hydrogen-bond donors (Lipinski definition) is 2. The Balaban J connectivity index is 0.00000169. The van der Waals surface area contributed by atoms with Crippen LogP contribution in [0, 0.1) is 5.92 Å². The smallest absolute Gasteiger partial charge is 0.406 e. The third-order valence-electron chi connectivity index (χ3n) is 2.46. The molecule has 0 radical (unpaired) electrons. The van der Waals surface area contributed by atoms with E-state index in [0.717, 1.165) is 0 Å². The molecule has 0 spiro atoms. The molecule has 84 valence electrons. The van der Waals surface area contributed by atoms with E-state index >= 15 is 0 Å². The van der Waals surface area contributed by atoms with Gasteiger partial charge in [-0.15, -0.1) is 12.4 Å². The van der Waals surface area contributed by atoms with Crippen molar-refractivity contribution in [2.75, 3.05) is 0 Å². The van der Waals surface area contributed by atoms with Crippen LogP contribution in [0.2, 0.25) is 0 Å². The monoisotopic (exact) mass is 233 g/mol. The van der Waals surface area contributed by atoms with Gasteiger partial charge in [0, 0.05) is 0 Å². The molecule has 3 nitrogen and oxygen atoms in total. The fraction of sp³-hybridized carbons (Fsp3) is 0.857. The van der Waals surface area contributed by atoms with Crippen LogP contribution >= 0.6 is 12.4 Å². The van der Waals surface area contributed by atoms with Crippen molar-refractivity contribution >= 4 is 18.4 Å². The second-order valence-electron chi connectivity index (χ2n) is 3.43. The van der Waals surface area contributed by atoms with Crippen LogP contribution in [0.1, 0.15) is 19.3 Å². The maximum Gasteiger partial charge on any atom is 0.406 e. The number of alkyl halides is 3. The van der Waals surface area contributed by atoms with Gasteiger partial charge in [0.25, 0.3) is 0 Å². The number of carboxylic acid groups (broad SMARTS) is 1. The average molecular weight is 234 g/mol. The van der Waals surface area contributed by atoms with E-state index in [-0.39, 0.29) is 25.2 Å². The van der Waals surface area contributed by atoms with E-state index in [0.29, 0.717) is 0 Å². The third-order valence-corrected chi connectivity index (χ3v) is 2.46. The van der Waals surface area contributed by atoms with Gasteiger partial charge in [0.1, 0.15) is 5.54 Å². The number of carbonyl (C=O) groups is 1. The van der Waals surface area contributed by atoms with E-state index in [9.17, 15) is 18.0 Å². The van der Waals surface area contributed by atoms with Crippen molar-refractivity contribution in [3.63, 3.8) is 0 Å². The van der Waals surface area contributed by atoms with Crippen molar-refractivity contribution in [1.82, 2.24) is 0 Å². The first-order valence-corrected chi connectivity index (χ1v) is 3.85. The standard InChI is InChI=1S/C7H10F3NO2.ClH/c8-7(9,10)6(11)2-1-4(3-6)5(12)13;/h4H,1-3,11H2,(H,12,13);1H. The molecule has 0 heterocycles. The number of nitrogens with two attached hydrogens (primary N) is 1. The average Bonchev–Trinajstić information content (AvgIpc) is 2.31. The quantitative estimate of drug-likeness (QED) is 0.722. The minimum absolute atomic E-state index is 0. The van der Waals surface area contributed by atoms with Gasteiger partial charge in [0.05, 0.1) is 5.92 Å². The Morgan fingerprint density at radius 1 is 1.50 bits per heavy atom. The fourth-order valence-electron chi connectivity index (χ4n) is 1.54. The number of halogens is 4. The van der Waals surface area contributed by atoms with Crippen LogP contribution in [0.15, 0.2) is 0 Å². The van der Waals surface area contributed by atoms with Crippen molar-refractivity contribution in [1.29, 1.82) is 0 Å². The molecule has 1 rings (SSSR count). The third kappa shape index (κ3) is 2.30. The second-order valence-corrected chi connectivity index (χ2v) is 3.43. The molecule has 0 aromatic rings. The predicted octanol–water partition coefficient (Wildman–Crippen LogP) is 1.55. The van der Waals surface area contributed by atoms with E-state index < -0.39 is 30.0 Å². The van der Waals surface area contributed by atoms with Crippen molar-refractivity contribution in [3.05, 3.63) is 0 Å². The predicted molar refractivity (Wildman–Crippen MR) is 45.2 cm³/mol. The van der Waals surface area contributed by atoms with Crippen molar-refractivity contribution in [2.24, 2.45) is 11.7 Å². The van der Waals surface area contributed by atoms with Crippen LogP contribution in [0.25, 0.3) is 0 Å². The molecule has 0 amide bonds. The summed E-state index contributed by atoms with van der Waals surface area (Å²) in [5.41, 5.74) is 2.78. The summed E-state index contributed by atoms with van der Waals surface area (Å²) in [6, 6.07) is 0. The minimum Gasteiger partial charge on any atom is -0.481 e. The van der Waals surface area contributed by atoms with Gasteiger partial charge in [-0.05, 0) is 19.3 Å². The summed E-state index contributed by atoms with van der Waals surface area (Å²) >= 11 is 0. The molecular weight excluding hydrogens is 223 g/mol. The molecule has 3 N–H and O–H groups in total. The Labute approximate surface area is 84.9 Å². The van der Waals surface area contributed by atoms with Crippen LogP contribution in [-0.4, -0.2) is 22.8 Å². The van der Waals surface area contributed by atoms with E-state index in [4.69, 9.17) is 10.8 Å². The largest absolute Gasteiger partial charge is 0.481 e. The molecule has 2 unspecified atom stereocenters. The van der Waals surface area contributed by atoms with Gasteiger partial charge in [-0.2, -0.15) is 13.2 Å². The lowest BCUT2D eigenvalue weighted by atomic mass is 9.97. The van der Waals surface area contributed by atoms with Crippen LogP contribution in [0.4, 0.5) is 13.2 Å². The van der Waals surface area contributed by atoms with Gasteiger partial charge in [-0.1, -0.05) is 0 Å². The first-order valence-electron chi connectivity index (χ1n) is 3.85. The highest BCUT2D eigenvalue weighted by atomic mass is 35.5. The van der Waals surface area contributed by atoms with Gasteiger partial charge in [0.15, 0.2) is 0 Å². The van der Waals surface area contributed by atoms with E-state index in [1.165, 1.54) is 0 Å². The van der Waals surface area contributed by atoms with Gasteiger partial charge in [0.2, 0.25) is 0 Å². The highest BCUT2D eigenvalue weighted by molar-refractivity contribution is 5.85. The lowest BCUT2D eigenvalue weighted by molar-refractivity contribution is -0.185. The van der Waals surface area contributed by atoms with Crippen LogP contribution < -0.4 is 5.73 Å². The summed E-state index contributed by atoms with van der Waals surface area (Å²) in [6.07, 6.45) is -5.30. The van der Waals surface area contributed by atoms with E-state index in [1.54, 1.807) is 0 Å². The lowest BCUT2D eigenvalue weighted by Crippen LogP contribution is -2.51. The summed E-state index contributed by atoms with van der Waals surface area (Å²) in [7, 11) is 0. The molecule has 0 saturated heterocycles. The van der Waals surface area contributed by atoms with E-state index in [1.807, 2.05) is 0 Å². The zero-order valence-corrected chi connectivity index (χ0v) is 7.99. The van der Waals surface area contributed by atoms with Crippen molar-refractivity contribution < 1.29 is 23.1 Å². The number of carboxylic acids is 1. The molecule has 1 aliphatic rings. The molecule has 1 saturated carbocycles. The zero-order valence-electron chi connectivity index (χ0n) is 7.17. The topological polar surface area (TPSA) is 63.3 Å². The second kappa shape index (κ2) is 3.94. The first-order chi connectivity index (χ1) is 5.76. The molecule has 14 heavy (non-hydrogen) atoms. The Morgan fingerprint density at radius 2 is 2.00 bits per heavy atom. The Hall–Kier alpha value is -0.490. The van der Waals surface area contributed by atoms with Gasteiger partial charge >= 0.3 is 12.1 Å². The molecule has 1 fully saturated rings. The summed E-state index contributed by atoms with van der Waals surface area (Å²) in [5.74, 6) is -2.15. The maximum absolute atomic E-state index is 12.3. The van der Waals surface area contributed by atoms with Crippen molar-refractivity contribution in [2.45, 2.75) is 31.0 Å². The summed E-state index contributed by atoms with van der Waals surface area (Å²) < 4.78 is 36.8. The molecular formula is C7H11ClF3NO2. The molecule has 0 bridgehead atoms. The van der Waals surface area contributed by atoms with Crippen LogP contribution in [-0.2, 0) is 4.79 Å².